The highest BCUT2D eigenvalue weighted by molar-refractivity contribution is 7.89. The number of nitrogens with zero attached hydrogens (tertiary/aromatic N) is 3. The van der Waals surface area contributed by atoms with Gasteiger partial charge in [-0.1, -0.05) is 35.6 Å². The summed E-state index contributed by atoms with van der Waals surface area (Å²) in [7, 11) is -0.497. The van der Waals surface area contributed by atoms with Crippen LogP contribution in [0, 0.1) is 0 Å². The Labute approximate surface area is 219 Å². The Morgan fingerprint density at radius 1 is 0.973 bits per heavy atom. The minimum absolute atomic E-state index is 0.156. The van der Waals surface area contributed by atoms with Crippen molar-refractivity contribution in [2.45, 2.75) is 31.3 Å². The van der Waals surface area contributed by atoms with Gasteiger partial charge in [0.15, 0.2) is 4.80 Å². The Morgan fingerprint density at radius 2 is 1.65 bits per heavy atom. The molecule has 1 aliphatic heterocycles. The number of ether oxygens (including phenoxy) is 2. The van der Waals surface area contributed by atoms with Crippen molar-refractivity contribution < 1.29 is 22.7 Å². The second-order valence-electron chi connectivity index (χ2n) is 8.58. The van der Waals surface area contributed by atoms with Crippen LogP contribution in [0.1, 0.15) is 28.4 Å². The quantitative estimate of drug-likeness (QED) is 0.367. The predicted octanol–water partition coefficient (Wildman–Crippen LogP) is 4.23. The van der Waals surface area contributed by atoms with E-state index in [2.05, 4.69) is 4.99 Å². The van der Waals surface area contributed by atoms with Gasteiger partial charge in [-0.3, -0.25) is 4.79 Å². The molecule has 0 N–H and O–H groups in total. The Hall–Kier alpha value is -3.47. The van der Waals surface area contributed by atoms with Crippen LogP contribution in [0.2, 0.25) is 0 Å². The summed E-state index contributed by atoms with van der Waals surface area (Å²) in [6, 6.07) is 17.5. The van der Waals surface area contributed by atoms with E-state index in [0.717, 1.165) is 15.8 Å². The third-order valence-corrected chi connectivity index (χ3v) is 9.49. The summed E-state index contributed by atoms with van der Waals surface area (Å²) in [6.07, 6.45) is 0.674. The molecule has 3 aromatic carbocycles. The minimum atomic E-state index is -3.69. The number of thiazole rings is 1. The van der Waals surface area contributed by atoms with E-state index in [-0.39, 0.29) is 4.90 Å². The first-order valence-electron chi connectivity index (χ1n) is 11.9. The third-order valence-electron chi connectivity index (χ3n) is 6.54. The summed E-state index contributed by atoms with van der Waals surface area (Å²) in [5.41, 5.74) is 3.31. The van der Waals surface area contributed by atoms with Crippen LogP contribution in [0.15, 0.2) is 70.6 Å². The van der Waals surface area contributed by atoms with Crippen LogP contribution in [0.25, 0.3) is 10.2 Å². The number of rotatable bonds is 6. The highest BCUT2D eigenvalue weighted by Crippen LogP contribution is 2.35. The molecule has 2 heterocycles. The molecular formula is C27H27N3O5S2. The zero-order valence-electron chi connectivity index (χ0n) is 20.8. The monoisotopic (exact) mass is 537 g/mol. The van der Waals surface area contributed by atoms with Gasteiger partial charge in [0.25, 0.3) is 5.91 Å². The average molecular weight is 538 g/mol. The normalized spacial score (nSPS) is 14.5. The number of sulfonamides is 1. The summed E-state index contributed by atoms with van der Waals surface area (Å²) in [5, 5.41) is 0. The molecule has 0 radical (unpaired) electrons. The Morgan fingerprint density at radius 3 is 2.32 bits per heavy atom. The van der Waals surface area contributed by atoms with E-state index in [9.17, 15) is 13.2 Å². The Balaban J connectivity index is 1.45. The molecule has 192 valence electrons. The lowest BCUT2D eigenvalue weighted by atomic mass is 10.0. The first-order chi connectivity index (χ1) is 17.9. The van der Waals surface area contributed by atoms with E-state index in [1.807, 2.05) is 47.9 Å². The van der Waals surface area contributed by atoms with Gasteiger partial charge in [-0.05, 0) is 60.9 Å². The smallest absolute Gasteiger partial charge is 0.279 e. The molecule has 0 fully saturated rings. The number of fused-ring (bicyclic) bond motifs is 2. The van der Waals surface area contributed by atoms with Gasteiger partial charge >= 0.3 is 0 Å². The maximum absolute atomic E-state index is 13.3. The lowest BCUT2D eigenvalue weighted by molar-refractivity contribution is 0.0997. The van der Waals surface area contributed by atoms with Crippen molar-refractivity contribution in [1.82, 2.24) is 8.87 Å². The van der Waals surface area contributed by atoms with Crippen molar-refractivity contribution in [2.24, 2.45) is 4.99 Å². The Bertz CT molecular complexity index is 1650. The van der Waals surface area contributed by atoms with Crippen molar-refractivity contribution in [3.63, 3.8) is 0 Å². The third kappa shape index (κ3) is 4.56. The number of amides is 1. The Kier molecular flexibility index (Phi) is 6.89. The highest BCUT2D eigenvalue weighted by atomic mass is 32.2. The zero-order chi connectivity index (χ0) is 26.2. The van der Waals surface area contributed by atoms with E-state index < -0.39 is 15.9 Å². The van der Waals surface area contributed by atoms with E-state index in [4.69, 9.17) is 9.47 Å². The average Bonchev–Trinajstić information content (AvgIpc) is 3.30. The second kappa shape index (κ2) is 10.1. The van der Waals surface area contributed by atoms with Gasteiger partial charge in [0.05, 0.1) is 19.1 Å². The zero-order valence-corrected chi connectivity index (χ0v) is 22.4. The number of methoxy groups -OCH3 is 2. The van der Waals surface area contributed by atoms with Crippen LogP contribution in [-0.4, -0.2) is 44.0 Å². The van der Waals surface area contributed by atoms with Gasteiger partial charge in [0.2, 0.25) is 10.0 Å². The van der Waals surface area contributed by atoms with Gasteiger partial charge in [0.1, 0.15) is 21.7 Å². The second-order valence-corrected chi connectivity index (χ2v) is 11.5. The lowest BCUT2D eigenvalue weighted by Crippen LogP contribution is -2.35. The van der Waals surface area contributed by atoms with Crippen LogP contribution < -0.4 is 14.3 Å². The van der Waals surface area contributed by atoms with Gasteiger partial charge < -0.3 is 14.0 Å². The van der Waals surface area contributed by atoms with Gasteiger partial charge in [-0.15, -0.1) is 0 Å². The molecule has 0 atom stereocenters. The van der Waals surface area contributed by atoms with Gasteiger partial charge in [0, 0.05) is 25.2 Å². The number of benzene rings is 3. The SMILES string of the molecule is CCn1c(=NC(=O)c2ccc(S(=O)(=O)N3CCc4ccccc4C3)cc2)sc2c(OC)ccc(OC)c21. The van der Waals surface area contributed by atoms with Crippen LogP contribution in [0.3, 0.4) is 0 Å². The summed E-state index contributed by atoms with van der Waals surface area (Å²) in [4.78, 5) is 18.1. The van der Waals surface area contributed by atoms with Crippen molar-refractivity contribution in [3.05, 3.63) is 82.2 Å². The molecule has 1 amide bonds. The van der Waals surface area contributed by atoms with Gasteiger partial charge in [-0.25, -0.2) is 8.42 Å². The molecule has 4 aromatic rings. The molecule has 10 heteroatoms. The fourth-order valence-corrected chi connectivity index (χ4v) is 7.20. The molecular weight excluding hydrogens is 510 g/mol. The number of aryl methyl sites for hydroxylation is 1. The molecule has 0 spiro atoms. The number of carbonyl (C=O) groups excluding carboxylic acids is 1. The lowest BCUT2D eigenvalue weighted by Gasteiger charge is -2.28. The molecule has 1 aromatic heterocycles. The number of carbonyl (C=O) groups is 1. The molecule has 0 saturated carbocycles. The van der Waals surface area contributed by atoms with Crippen LogP contribution >= 0.6 is 11.3 Å². The van der Waals surface area contributed by atoms with Gasteiger partial charge in [-0.2, -0.15) is 9.30 Å². The molecule has 0 saturated heterocycles. The molecule has 5 rings (SSSR count). The van der Waals surface area contributed by atoms with E-state index in [1.54, 1.807) is 14.2 Å². The fourth-order valence-electron chi connectivity index (χ4n) is 4.58. The molecule has 0 bridgehead atoms. The highest BCUT2D eigenvalue weighted by Gasteiger charge is 2.28. The minimum Gasteiger partial charge on any atom is -0.495 e. The van der Waals surface area contributed by atoms with Crippen molar-refractivity contribution in [2.75, 3.05) is 20.8 Å². The maximum atomic E-state index is 13.3. The van der Waals surface area contributed by atoms with Crippen molar-refractivity contribution in [1.29, 1.82) is 0 Å². The molecule has 37 heavy (non-hydrogen) atoms. The largest absolute Gasteiger partial charge is 0.495 e. The predicted molar refractivity (Wildman–Crippen MR) is 143 cm³/mol. The van der Waals surface area contributed by atoms with E-state index in [1.165, 1.54) is 45.5 Å². The van der Waals surface area contributed by atoms with Crippen LogP contribution in [0.4, 0.5) is 0 Å². The first kappa shape index (κ1) is 25.2. The van der Waals surface area contributed by atoms with Crippen LogP contribution in [-0.2, 0) is 29.5 Å². The molecule has 0 aliphatic carbocycles. The topological polar surface area (TPSA) is 90.2 Å². The summed E-state index contributed by atoms with van der Waals surface area (Å²) >= 11 is 1.34. The number of aromatic nitrogens is 1. The fraction of sp³-hybridized carbons (Fsp3) is 0.259. The van der Waals surface area contributed by atoms with E-state index >= 15 is 0 Å². The molecule has 1 aliphatic rings. The molecule has 0 unspecified atom stereocenters. The standard InChI is InChI=1S/C27H27N3O5S2/c1-4-30-24-22(34-2)13-14-23(35-3)25(24)36-27(30)28-26(31)19-9-11-21(12-10-19)37(32,33)29-16-15-18-7-5-6-8-20(18)17-29/h5-14H,4,15-17H2,1-3H3. The molecule has 8 nitrogen and oxygen atoms in total. The van der Waals surface area contributed by atoms with Crippen LogP contribution in [0.5, 0.6) is 11.5 Å². The summed E-state index contributed by atoms with van der Waals surface area (Å²) < 4.78 is 41.8. The summed E-state index contributed by atoms with van der Waals surface area (Å²) in [5.74, 6) is 0.882. The maximum Gasteiger partial charge on any atom is 0.279 e. The van der Waals surface area contributed by atoms with Crippen molar-refractivity contribution in [3.8, 4) is 11.5 Å². The summed E-state index contributed by atoms with van der Waals surface area (Å²) in [6.45, 7) is 3.30. The number of hydrogen-bond acceptors (Lipinski definition) is 6. The number of hydrogen-bond donors (Lipinski definition) is 0. The first-order valence-corrected chi connectivity index (χ1v) is 14.1. The van der Waals surface area contributed by atoms with Crippen molar-refractivity contribution >= 4 is 37.5 Å². The van der Waals surface area contributed by atoms with E-state index in [0.29, 0.717) is 47.9 Å².